The number of carbonyl (C=O) groups is 1. The molecule has 1 heterocycles. The summed E-state index contributed by atoms with van der Waals surface area (Å²) in [6, 6.07) is 7.78. The van der Waals surface area contributed by atoms with E-state index in [9.17, 15) is 4.79 Å². The zero-order valence-corrected chi connectivity index (χ0v) is 11.5. The second kappa shape index (κ2) is 5.37. The summed E-state index contributed by atoms with van der Waals surface area (Å²) in [6.07, 6.45) is 0. The first-order valence-electron chi connectivity index (χ1n) is 4.99. The average Bonchev–Trinajstić information content (AvgIpc) is 2.74. The molecule has 0 spiro atoms. The van der Waals surface area contributed by atoms with E-state index in [2.05, 4.69) is 30.8 Å². The molecule has 6 heteroatoms. The van der Waals surface area contributed by atoms with E-state index in [0.29, 0.717) is 17.1 Å². The van der Waals surface area contributed by atoms with E-state index >= 15 is 0 Å². The van der Waals surface area contributed by atoms with Crippen LogP contribution in [0.5, 0.6) is 0 Å². The van der Waals surface area contributed by atoms with Crippen molar-refractivity contribution in [2.45, 2.75) is 13.5 Å². The van der Waals surface area contributed by atoms with Gasteiger partial charge in [0.15, 0.2) is 0 Å². The molecule has 2 aromatic rings. The predicted molar refractivity (Wildman–Crippen MR) is 70.0 cm³/mol. The maximum Gasteiger partial charge on any atom is 0.265 e. The normalized spacial score (nSPS) is 10.2. The molecule has 0 radical (unpaired) electrons. The van der Waals surface area contributed by atoms with Crippen molar-refractivity contribution in [1.82, 2.24) is 14.9 Å². The highest BCUT2D eigenvalue weighted by Gasteiger charge is 2.12. The Kier molecular flexibility index (Phi) is 3.86. The molecule has 0 fully saturated rings. The third kappa shape index (κ3) is 2.89. The highest BCUT2D eigenvalue weighted by atomic mass is 79.9. The molecule has 0 saturated carbocycles. The number of aromatic nitrogens is 2. The Morgan fingerprint density at radius 1 is 1.47 bits per heavy atom. The molecule has 1 aromatic carbocycles. The largest absolute Gasteiger partial charge is 0.347 e. The molecule has 17 heavy (non-hydrogen) atoms. The number of rotatable bonds is 3. The van der Waals surface area contributed by atoms with Gasteiger partial charge < -0.3 is 5.32 Å². The van der Waals surface area contributed by atoms with E-state index in [0.717, 1.165) is 21.6 Å². The smallest absolute Gasteiger partial charge is 0.265 e. The van der Waals surface area contributed by atoms with E-state index in [1.807, 2.05) is 24.3 Å². The Balaban J connectivity index is 2.02. The van der Waals surface area contributed by atoms with Crippen molar-refractivity contribution < 1.29 is 4.79 Å². The van der Waals surface area contributed by atoms with Crippen molar-refractivity contribution in [3.05, 3.63) is 44.9 Å². The van der Waals surface area contributed by atoms with E-state index in [-0.39, 0.29) is 5.91 Å². The van der Waals surface area contributed by atoms with Gasteiger partial charge >= 0.3 is 0 Å². The van der Waals surface area contributed by atoms with Gasteiger partial charge in [0.05, 0.1) is 5.69 Å². The van der Waals surface area contributed by atoms with Crippen LogP contribution < -0.4 is 5.32 Å². The van der Waals surface area contributed by atoms with E-state index < -0.39 is 0 Å². The van der Waals surface area contributed by atoms with Crippen LogP contribution in [0.2, 0.25) is 0 Å². The van der Waals surface area contributed by atoms with E-state index in [1.54, 1.807) is 6.92 Å². The van der Waals surface area contributed by atoms with Crippen LogP contribution in [0.15, 0.2) is 28.7 Å². The lowest BCUT2D eigenvalue weighted by Gasteiger charge is -2.05. The number of nitrogens with zero attached hydrogens (tertiary/aromatic N) is 2. The topological polar surface area (TPSA) is 54.9 Å². The molecule has 2 rings (SSSR count). The maximum absolute atomic E-state index is 11.8. The lowest BCUT2D eigenvalue weighted by atomic mass is 10.2. The number of benzene rings is 1. The summed E-state index contributed by atoms with van der Waals surface area (Å²) in [5, 5.41) is 6.65. The highest BCUT2D eigenvalue weighted by molar-refractivity contribution is 9.10. The highest BCUT2D eigenvalue weighted by Crippen LogP contribution is 2.16. The van der Waals surface area contributed by atoms with Crippen LogP contribution in [0.25, 0.3) is 0 Å². The molecule has 0 bridgehead atoms. The fraction of sp³-hybridized carbons (Fsp3) is 0.182. The zero-order chi connectivity index (χ0) is 12.3. The minimum atomic E-state index is -0.131. The van der Waals surface area contributed by atoms with E-state index in [1.165, 1.54) is 0 Å². The number of halogens is 1. The number of amides is 1. The molecular formula is C11H10BrN3OS. The summed E-state index contributed by atoms with van der Waals surface area (Å²) in [5.74, 6) is -0.131. The first-order valence-corrected chi connectivity index (χ1v) is 6.55. The minimum absolute atomic E-state index is 0.131. The molecule has 4 nitrogen and oxygen atoms in total. The van der Waals surface area contributed by atoms with Crippen molar-refractivity contribution in [3.8, 4) is 0 Å². The number of carbonyl (C=O) groups excluding carboxylic acids is 1. The quantitative estimate of drug-likeness (QED) is 0.947. The number of nitrogens with one attached hydrogen (secondary N) is 1. The van der Waals surface area contributed by atoms with E-state index in [4.69, 9.17) is 0 Å². The fourth-order valence-electron chi connectivity index (χ4n) is 1.34. The van der Waals surface area contributed by atoms with Crippen LogP contribution >= 0.6 is 27.5 Å². The summed E-state index contributed by atoms with van der Waals surface area (Å²) in [4.78, 5) is 12.4. The number of hydrogen-bond donors (Lipinski definition) is 1. The molecule has 0 aliphatic carbocycles. The molecular weight excluding hydrogens is 302 g/mol. The van der Waals surface area contributed by atoms with Crippen molar-refractivity contribution in [3.63, 3.8) is 0 Å². The summed E-state index contributed by atoms with van der Waals surface area (Å²) in [7, 11) is 0. The Morgan fingerprint density at radius 3 is 2.88 bits per heavy atom. The van der Waals surface area contributed by atoms with Crippen LogP contribution in [-0.4, -0.2) is 15.5 Å². The van der Waals surface area contributed by atoms with Gasteiger partial charge in [-0.15, -0.1) is 5.10 Å². The summed E-state index contributed by atoms with van der Waals surface area (Å²) in [6.45, 7) is 2.26. The predicted octanol–water partition coefficient (Wildman–Crippen LogP) is 2.54. The standard InChI is InChI=1S/C11H10BrN3OS/c1-7-10(17-15-14-7)11(16)13-6-8-4-2-3-5-9(8)12/h2-5H,6H2,1H3,(H,13,16). The second-order valence-corrected chi connectivity index (χ2v) is 5.07. The molecule has 0 saturated heterocycles. The molecule has 88 valence electrons. The summed E-state index contributed by atoms with van der Waals surface area (Å²) in [5.41, 5.74) is 1.70. The monoisotopic (exact) mass is 311 g/mol. The van der Waals surface area contributed by atoms with Gasteiger partial charge in [0.2, 0.25) is 0 Å². The van der Waals surface area contributed by atoms with Gasteiger partial charge in [-0.25, -0.2) is 0 Å². The van der Waals surface area contributed by atoms with Crippen molar-refractivity contribution in [1.29, 1.82) is 0 Å². The van der Waals surface area contributed by atoms with Crippen molar-refractivity contribution >= 4 is 33.4 Å². The lowest BCUT2D eigenvalue weighted by Crippen LogP contribution is -2.22. The van der Waals surface area contributed by atoms with Gasteiger partial charge in [-0.05, 0) is 30.1 Å². The van der Waals surface area contributed by atoms with Crippen LogP contribution in [0, 0.1) is 6.92 Å². The molecule has 1 amide bonds. The molecule has 0 atom stereocenters. The third-order valence-corrected chi connectivity index (χ3v) is 3.86. The van der Waals surface area contributed by atoms with Crippen LogP contribution in [0.4, 0.5) is 0 Å². The fourth-order valence-corrected chi connectivity index (χ4v) is 2.34. The molecule has 1 N–H and O–H groups in total. The van der Waals surface area contributed by atoms with Gasteiger partial charge in [-0.3, -0.25) is 4.79 Å². The first kappa shape index (κ1) is 12.2. The Bertz CT molecular complexity index is 541. The van der Waals surface area contributed by atoms with Crippen LogP contribution in [0.3, 0.4) is 0 Å². The second-order valence-electron chi connectivity index (χ2n) is 3.46. The minimum Gasteiger partial charge on any atom is -0.347 e. The molecule has 0 aliphatic heterocycles. The maximum atomic E-state index is 11.8. The van der Waals surface area contributed by atoms with Gasteiger partial charge in [0, 0.05) is 11.0 Å². The first-order chi connectivity index (χ1) is 8.18. The zero-order valence-electron chi connectivity index (χ0n) is 9.11. The average molecular weight is 312 g/mol. The van der Waals surface area contributed by atoms with Gasteiger partial charge in [0.25, 0.3) is 5.91 Å². The molecule has 0 aliphatic rings. The SMILES string of the molecule is Cc1nnsc1C(=O)NCc1ccccc1Br. The summed E-state index contributed by atoms with van der Waals surface area (Å²) >= 11 is 4.55. The lowest BCUT2D eigenvalue weighted by molar-refractivity contribution is 0.0954. The number of aryl methyl sites for hydroxylation is 1. The number of hydrogen-bond acceptors (Lipinski definition) is 4. The molecule has 0 unspecified atom stereocenters. The van der Waals surface area contributed by atoms with Gasteiger partial charge in [-0.1, -0.05) is 38.6 Å². The Hall–Kier alpha value is -1.27. The third-order valence-electron chi connectivity index (χ3n) is 2.26. The summed E-state index contributed by atoms with van der Waals surface area (Å²) < 4.78 is 4.72. The van der Waals surface area contributed by atoms with Gasteiger partial charge in [-0.2, -0.15) is 0 Å². The molecule has 1 aromatic heterocycles. The van der Waals surface area contributed by atoms with Crippen LogP contribution in [0.1, 0.15) is 20.9 Å². The van der Waals surface area contributed by atoms with Crippen LogP contribution in [-0.2, 0) is 6.54 Å². The van der Waals surface area contributed by atoms with Crippen molar-refractivity contribution in [2.75, 3.05) is 0 Å². The Morgan fingerprint density at radius 2 is 2.24 bits per heavy atom. The Labute approximate surface area is 111 Å². The van der Waals surface area contributed by atoms with Gasteiger partial charge in [0.1, 0.15) is 4.88 Å². The van der Waals surface area contributed by atoms with Crippen molar-refractivity contribution in [2.24, 2.45) is 0 Å².